The van der Waals surface area contributed by atoms with Crippen LogP contribution in [0.15, 0.2) is 97.1 Å². The molecule has 4 aromatic rings. The van der Waals surface area contributed by atoms with E-state index in [1.165, 1.54) is 12.1 Å². The van der Waals surface area contributed by atoms with Gasteiger partial charge >= 0.3 is 0 Å². The molecule has 0 spiro atoms. The summed E-state index contributed by atoms with van der Waals surface area (Å²) in [4.78, 5) is 0. The minimum Gasteiger partial charge on any atom is -0.489 e. The van der Waals surface area contributed by atoms with Crippen molar-refractivity contribution in [3.05, 3.63) is 131 Å². The number of benzene rings is 4. The lowest BCUT2D eigenvalue weighted by Gasteiger charge is -2.45. The topological polar surface area (TPSA) is 27.7 Å². The van der Waals surface area contributed by atoms with E-state index in [4.69, 9.17) is 13.9 Å². The first-order valence-electron chi connectivity index (χ1n) is 14.7. The van der Waals surface area contributed by atoms with Gasteiger partial charge < -0.3 is 13.9 Å². The molecule has 4 aromatic carbocycles. The van der Waals surface area contributed by atoms with Crippen molar-refractivity contribution in [1.82, 2.24) is 0 Å². The standard InChI is InChI=1S/C36H42F2O3Si/c1-25(2)42(26(3)4,27(5)6)41-36(31-19-13-14-20-34(31)40-24-29-17-11-8-12-18-29)35-32(37)21-30(22-33(35)38)39-23-28-15-9-7-10-16-28/h7-22,25-27,36H,23-24H2,1-6H3. The molecule has 222 valence electrons. The summed E-state index contributed by atoms with van der Waals surface area (Å²) in [7, 11) is -2.60. The van der Waals surface area contributed by atoms with E-state index in [9.17, 15) is 0 Å². The average molecular weight is 589 g/mol. The Morgan fingerprint density at radius 2 is 1.05 bits per heavy atom. The predicted octanol–water partition coefficient (Wildman–Crippen LogP) is 10.4. The van der Waals surface area contributed by atoms with Crippen LogP contribution in [-0.4, -0.2) is 8.32 Å². The molecule has 0 radical (unpaired) electrons. The van der Waals surface area contributed by atoms with Crippen LogP contribution in [-0.2, 0) is 17.6 Å². The van der Waals surface area contributed by atoms with Crippen molar-refractivity contribution in [2.24, 2.45) is 0 Å². The number of rotatable bonds is 13. The van der Waals surface area contributed by atoms with Gasteiger partial charge in [-0.25, -0.2) is 8.78 Å². The lowest BCUT2D eigenvalue weighted by atomic mass is 9.99. The van der Waals surface area contributed by atoms with Crippen LogP contribution >= 0.6 is 0 Å². The van der Waals surface area contributed by atoms with Crippen molar-refractivity contribution in [3.63, 3.8) is 0 Å². The van der Waals surface area contributed by atoms with Gasteiger partial charge in [-0.3, -0.25) is 0 Å². The van der Waals surface area contributed by atoms with Gasteiger partial charge in [-0.15, -0.1) is 0 Å². The summed E-state index contributed by atoms with van der Waals surface area (Å²) < 4.78 is 51.4. The molecule has 0 aliphatic carbocycles. The Kier molecular flexibility index (Phi) is 10.6. The number of hydrogen-bond donors (Lipinski definition) is 0. The van der Waals surface area contributed by atoms with E-state index in [2.05, 4.69) is 41.5 Å². The first-order chi connectivity index (χ1) is 20.1. The third-order valence-electron chi connectivity index (χ3n) is 8.03. The quantitative estimate of drug-likeness (QED) is 0.145. The zero-order valence-corrected chi connectivity index (χ0v) is 26.4. The molecule has 0 heterocycles. The molecule has 0 aliphatic rings. The van der Waals surface area contributed by atoms with Crippen LogP contribution in [0, 0.1) is 11.6 Å². The Morgan fingerprint density at radius 3 is 1.55 bits per heavy atom. The minimum atomic E-state index is -2.60. The molecule has 1 unspecified atom stereocenters. The van der Waals surface area contributed by atoms with Gasteiger partial charge in [-0.2, -0.15) is 0 Å². The smallest absolute Gasteiger partial charge is 0.201 e. The van der Waals surface area contributed by atoms with Gasteiger partial charge in [-0.05, 0) is 33.8 Å². The van der Waals surface area contributed by atoms with Crippen LogP contribution in [0.4, 0.5) is 8.78 Å². The highest BCUT2D eigenvalue weighted by Crippen LogP contribution is 2.48. The van der Waals surface area contributed by atoms with E-state index >= 15 is 8.78 Å². The lowest BCUT2D eigenvalue weighted by molar-refractivity contribution is 0.194. The third-order valence-corrected chi connectivity index (χ3v) is 14.1. The Labute approximate surface area is 250 Å². The van der Waals surface area contributed by atoms with E-state index in [0.29, 0.717) is 17.9 Å². The van der Waals surface area contributed by atoms with Gasteiger partial charge in [-0.1, -0.05) is 120 Å². The maximum Gasteiger partial charge on any atom is 0.201 e. The number of para-hydroxylation sites is 1. The van der Waals surface area contributed by atoms with E-state index < -0.39 is 26.1 Å². The van der Waals surface area contributed by atoms with Crippen molar-refractivity contribution in [2.45, 2.75) is 77.5 Å². The highest BCUT2D eigenvalue weighted by Gasteiger charge is 2.48. The fraction of sp³-hybridized carbons (Fsp3) is 0.333. The molecule has 0 bridgehead atoms. The monoisotopic (exact) mass is 588 g/mol. The molecule has 42 heavy (non-hydrogen) atoms. The normalized spacial score (nSPS) is 12.6. The van der Waals surface area contributed by atoms with Gasteiger partial charge in [0.25, 0.3) is 0 Å². The van der Waals surface area contributed by atoms with E-state index in [0.717, 1.165) is 11.1 Å². The second-order valence-electron chi connectivity index (χ2n) is 11.7. The molecule has 0 saturated carbocycles. The van der Waals surface area contributed by atoms with Crippen LogP contribution < -0.4 is 9.47 Å². The zero-order chi connectivity index (χ0) is 30.3. The summed E-state index contributed by atoms with van der Waals surface area (Å²) >= 11 is 0. The molecular weight excluding hydrogens is 546 g/mol. The molecule has 0 aliphatic heterocycles. The molecule has 0 amide bonds. The molecule has 0 saturated heterocycles. The Morgan fingerprint density at radius 1 is 0.595 bits per heavy atom. The lowest BCUT2D eigenvalue weighted by Crippen LogP contribution is -2.49. The molecule has 4 rings (SSSR count). The van der Waals surface area contributed by atoms with Crippen LogP contribution in [0.25, 0.3) is 0 Å². The van der Waals surface area contributed by atoms with Gasteiger partial charge in [0.05, 0.1) is 5.56 Å². The first kappa shape index (κ1) is 31.5. The van der Waals surface area contributed by atoms with Crippen LogP contribution in [0.3, 0.4) is 0 Å². The average Bonchev–Trinajstić information content (AvgIpc) is 2.97. The molecule has 0 fully saturated rings. The summed E-state index contributed by atoms with van der Waals surface area (Å²) in [5.41, 5.74) is 3.00. The van der Waals surface area contributed by atoms with E-state index in [1.54, 1.807) is 0 Å². The summed E-state index contributed by atoms with van der Waals surface area (Å²) in [6.45, 7) is 13.5. The molecule has 0 aromatic heterocycles. The molecular formula is C36H42F2O3Si. The first-order valence-corrected chi connectivity index (χ1v) is 16.9. The molecule has 0 N–H and O–H groups in total. The maximum atomic E-state index is 16.1. The van der Waals surface area contributed by atoms with Gasteiger partial charge in [0.2, 0.25) is 8.32 Å². The molecule has 6 heteroatoms. The second-order valence-corrected chi connectivity index (χ2v) is 17.1. The van der Waals surface area contributed by atoms with Crippen molar-refractivity contribution in [3.8, 4) is 11.5 Å². The fourth-order valence-electron chi connectivity index (χ4n) is 6.09. The predicted molar refractivity (Wildman–Crippen MR) is 168 cm³/mol. The van der Waals surface area contributed by atoms with Crippen molar-refractivity contribution < 1.29 is 22.7 Å². The molecule has 1 atom stereocenters. The highest BCUT2D eigenvalue weighted by atomic mass is 28.4. The van der Waals surface area contributed by atoms with Gasteiger partial charge in [0, 0.05) is 17.7 Å². The highest BCUT2D eigenvalue weighted by molar-refractivity contribution is 6.77. The van der Waals surface area contributed by atoms with E-state index in [-0.39, 0.29) is 34.5 Å². The van der Waals surface area contributed by atoms with Gasteiger partial charge in [0.1, 0.15) is 42.5 Å². The number of hydrogen-bond acceptors (Lipinski definition) is 3. The van der Waals surface area contributed by atoms with Gasteiger partial charge in [0.15, 0.2) is 0 Å². The zero-order valence-electron chi connectivity index (χ0n) is 25.4. The van der Waals surface area contributed by atoms with E-state index in [1.807, 2.05) is 84.9 Å². The summed E-state index contributed by atoms with van der Waals surface area (Å²) in [5.74, 6) is -0.751. The van der Waals surface area contributed by atoms with Crippen LogP contribution in [0.5, 0.6) is 11.5 Å². The number of halogens is 2. The molecule has 3 nitrogen and oxygen atoms in total. The van der Waals surface area contributed by atoms with Crippen LogP contribution in [0.2, 0.25) is 16.6 Å². The van der Waals surface area contributed by atoms with Crippen molar-refractivity contribution in [1.29, 1.82) is 0 Å². The summed E-state index contributed by atoms with van der Waals surface area (Å²) in [5, 5.41) is 0. The summed E-state index contributed by atoms with van der Waals surface area (Å²) in [6, 6.07) is 29.3. The number of ether oxygens (including phenoxy) is 2. The fourth-order valence-corrected chi connectivity index (χ4v) is 11.6. The Balaban J connectivity index is 1.78. The van der Waals surface area contributed by atoms with Crippen LogP contribution in [0.1, 0.15) is 69.9 Å². The second kappa shape index (κ2) is 14.1. The SMILES string of the molecule is CC(C)[Si](OC(c1ccccc1OCc1ccccc1)c1c(F)cc(OCc2ccccc2)cc1F)(C(C)C)C(C)C. The maximum absolute atomic E-state index is 16.1. The minimum absolute atomic E-state index is 0.128. The van der Waals surface area contributed by atoms with Crippen molar-refractivity contribution in [2.75, 3.05) is 0 Å². The Hall–Kier alpha value is -3.48. The Bertz CT molecular complexity index is 1380. The largest absolute Gasteiger partial charge is 0.489 e. The third kappa shape index (κ3) is 7.11. The summed E-state index contributed by atoms with van der Waals surface area (Å²) in [6.07, 6.45) is -1.00. The van der Waals surface area contributed by atoms with Crippen molar-refractivity contribution >= 4 is 8.32 Å².